The van der Waals surface area contributed by atoms with Crippen LogP contribution < -0.4 is 10.2 Å². The summed E-state index contributed by atoms with van der Waals surface area (Å²) in [5, 5.41) is 3.76. The molecule has 3 rings (SSSR count). The Kier molecular flexibility index (Phi) is 3.95. The molecule has 2 saturated heterocycles. The van der Waals surface area contributed by atoms with Gasteiger partial charge in [-0.1, -0.05) is 31.5 Å². The van der Waals surface area contributed by atoms with Crippen LogP contribution in [-0.4, -0.2) is 44.0 Å². The number of carbonyl (C=O) groups excluding carboxylic acids is 1. The third kappa shape index (κ3) is 2.75. The Bertz CT molecular complexity index is 704. The minimum absolute atomic E-state index is 0.00622. The van der Waals surface area contributed by atoms with Crippen LogP contribution in [0, 0.1) is 5.92 Å². The van der Waals surface area contributed by atoms with Gasteiger partial charge in [0.15, 0.2) is 9.84 Å². The average molecular weight is 343 g/mol. The summed E-state index contributed by atoms with van der Waals surface area (Å²) >= 11 is 6.04. The molecule has 0 aliphatic carbocycles. The molecule has 0 aromatic heterocycles. The average Bonchev–Trinajstić information content (AvgIpc) is 2.71. The van der Waals surface area contributed by atoms with Crippen molar-refractivity contribution in [3.8, 4) is 0 Å². The molecule has 120 valence electrons. The highest BCUT2D eigenvalue weighted by Crippen LogP contribution is 2.31. The van der Waals surface area contributed by atoms with Gasteiger partial charge in [-0.05, 0) is 24.1 Å². The quantitative estimate of drug-likeness (QED) is 0.883. The van der Waals surface area contributed by atoms with Gasteiger partial charge >= 0.3 is 0 Å². The van der Waals surface area contributed by atoms with Crippen molar-refractivity contribution in [3.05, 3.63) is 29.3 Å². The van der Waals surface area contributed by atoms with Crippen LogP contribution in [0.5, 0.6) is 0 Å². The lowest BCUT2D eigenvalue weighted by molar-refractivity contribution is -0.123. The van der Waals surface area contributed by atoms with Crippen LogP contribution >= 0.6 is 11.6 Å². The smallest absolute Gasteiger partial charge is 0.244 e. The van der Waals surface area contributed by atoms with E-state index in [9.17, 15) is 13.2 Å². The fourth-order valence-electron chi connectivity index (χ4n) is 3.28. The predicted octanol–water partition coefficient (Wildman–Crippen LogP) is 1.47. The third-order valence-corrected chi connectivity index (χ3v) is 6.26. The highest BCUT2D eigenvalue weighted by Gasteiger charge is 2.49. The molecule has 1 N–H and O–H groups in total. The molecule has 0 bridgehead atoms. The zero-order valence-electron chi connectivity index (χ0n) is 12.5. The molecule has 2 aliphatic rings. The molecule has 2 fully saturated rings. The number of hydrogen-bond donors (Lipinski definition) is 1. The zero-order valence-corrected chi connectivity index (χ0v) is 14.1. The maximum absolute atomic E-state index is 12.9. The maximum atomic E-state index is 12.9. The fourth-order valence-corrected chi connectivity index (χ4v) is 5.37. The minimum Gasteiger partial charge on any atom is -0.305 e. The van der Waals surface area contributed by atoms with Crippen molar-refractivity contribution >= 4 is 33.0 Å². The highest BCUT2D eigenvalue weighted by molar-refractivity contribution is 7.91. The number of anilines is 1. The number of hydrogen-bond acceptors (Lipinski definition) is 4. The summed E-state index contributed by atoms with van der Waals surface area (Å²) in [6.45, 7) is 3.91. The first kappa shape index (κ1) is 15.8. The van der Waals surface area contributed by atoms with Crippen LogP contribution in [0.3, 0.4) is 0 Å². The SMILES string of the molecule is CC(C)[C@@H]1N[C@@H]2CS(=O)(=O)C[C@@H]2N(c2cccc(Cl)c2)C1=O. The van der Waals surface area contributed by atoms with Gasteiger partial charge in [0, 0.05) is 16.8 Å². The molecule has 22 heavy (non-hydrogen) atoms. The fraction of sp³-hybridized carbons (Fsp3) is 0.533. The Labute approximate surface area is 135 Å². The van der Waals surface area contributed by atoms with E-state index in [1.807, 2.05) is 13.8 Å². The molecule has 1 amide bonds. The normalized spacial score (nSPS) is 30.6. The van der Waals surface area contributed by atoms with Gasteiger partial charge in [0.05, 0.1) is 23.6 Å². The number of piperazine rings is 1. The number of nitrogens with zero attached hydrogens (tertiary/aromatic N) is 1. The Hall–Kier alpha value is -1.11. The van der Waals surface area contributed by atoms with E-state index in [0.29, 0.717) is 10.7 Å². The van der Waals surface area contributed by atoms with Gasteiger partial charge in [-0.3, -0.25) is 10.1 Å². The second-order valence-electron chi connectivity index (χ2n) is 6.33. The largest absolute Gasteiger partial charge is 0.305 e. The number of rotatable bonds is 2. The lowest BCUT2D eigenvalue weighted by atomic mass is 9.94. The lowest BCUT2D eigenvalue weighted by Crippen LogP contribution is -2.66. The van der Waals surface area contributed by atoms with Crippen LogP contribution in [0.4, 0.5) is 5.69 Å². The number of fused-ring (bicyclic) bond motifs is 1. The minimum atomic E-state index is -3.14. The van der Waals surface area contributed by atoms with Crippen molar-refractivity contribution in [1.29, 1.82) is 0 Å². The Balaban J connectivity index is 2.05. The van der Waals surface area contributed by atoms with E-state index in [2.05, 4.69) is 5.32 Å². The maximum Gasteiger partial charge on any atom is 0.244 e. The van der Waals surface area contributed by atoms with Crippen LogP contribution in [0.25, 0.3) is 0 Å². The number of halogens is 1. The predicted molar refractivity (Wildman–Crippen MR) is 86.9 cm³/mol. The summed E-state index contributed by atoms with van der Waals surface area (Å²) in [7, 11) is -3.14. The van der Waals surface area contributed by atoms with Gasteiger partial charge in [-0.15, -0.1) is 0 Å². The van der Waals surface area contributed by atoms with Crippen molar-refractivity contribution in [2.45, 2.75) is 32.0 Å². The number of sulfone groups is 1. The number of benzene rings is 1. The van der Waals surface area contributed by atoms with Crippen LogP contribution in [0.2, 0.25) is 5.02 Å². The molecule has 0 spiro atoms. The third-order valence-electron chi connectivity index (χ3n) is 4.30. The first-order chi connectivity index (χ1) is 10.3. The molecule has 0 unspecified atom stereocenters. The zero-order chi connectivity index (χ0) is 16.1. The second-order valence-corrected chi connectivity index (χ2v) is 8.92. The van der Waals surface area contributed by atoms with Gasteiger partial charge in [-0.2, -0.15) is 0 Å². The molecule has 2 aliphatic heterocycles. The van der Waals surface area contributed by atoms with Gasteiger partial charge < -0.3 is 4.90 Å². The molecule has 0 radical (unpaired) electrons. The van der Waals surface area contributed by atoms with Gasteiger partial charge in [0.1, 0.15) is 0 Å². The van der Waals surface area contributed by atoms with Crippen molar-refractivity contribution in [1.82, 2.24) is 5.32 Å². The molecule has 5 nitrogen and oxygen atoms in total. The van der Waals surface area contributed by atoms with E-state index >= 15 is 0 Å². The summed E-state index contributed by atoms with van der Waals surface area (Å²) < 4.78 is 24.0. The van der Waals surface area contributed by atoms with Gasteiger partial charge in [-0.25, -0.2) is 8.42 Å². The standard InChI is InChI=1S/C15H19ClN2O3S/c1-9(2)14-15(19)18(11-5-3-4-10(16)6-11)13-8-22(20,21)7-12(13)17-14/h3-6,9,12-14,17H,7-8H2,1-2H3/t12-,13+,14+/m1/s1. The van der Waals surface area contributed by atoms with E-state index in [0.717, 1.165) is 0 Å². The van der Waals surface area contributed by atoms with E-state index in [1.54, 1.807) is 29.2 Å². The summed E-state index contributed by atoms with van der Waals surface area (Å²) in [6.07, 6.45) is 0. The topological polar surface area (TPSA) is 66.5 Å². The summed E-state index contributed by atoms with van der Waals surface area (Å²) in [5.41, 5.74) is 0.664. The van der Waals surface area contributed by atoms with E-state index in [1.165, 1.54) is 0 Å². The number of amides is 1. The summed E-state index contributed by atoms with van der Waals surface area (Å²) in [5.74, 6) is 0.0629. The van der Waals surface area contributed by atoms with Gasteiger partial charge in [0.25, 0.3) is 0 Å². The molecule has 1 aromatic rings. The second kappa shape index (κ2) is 5.51. The lowest BCUT2D eigenvalue weighted by Gasteiger charge is -2.42. The Morgan fingerprint density at radius 1 is 1.32 bits per heavy atom. The molecule has 1 aromatic carbocycles. The van der Waals surface area contributed by atoms with Gasteiger partial charge in [0.2, 0.25) is 5.91 Å². The van der Waals surface area contributed by atoms with Crippen molar-refractivity contribution in [3.63, 3.8) is 0 Å². The first-order valence-electron chi connectivity index (χ1n) is 7.33. The molecule has 7 heteroatoms. The Morgan fingerprint density at radius 3 is 2.68 bits per heavy atom. The number of carbonyl (C=O) groups is 1. The van der Waals surface area contributed by atoms with E-state index < -0.39 is 9.84 Å². The first-order valence-corrected chi connectivity index (χ1v) is 9.53. The summed E-state index contributed by atoms with van der Waals surface area (Å²) in [6, 6.07) is 6.04. The summed E-state index contributed by atoms with van der Waals surface area (Å²) in [4.78, 5) is 14.5. The molecule has 2 heterocycles. The van der Waals surface area contributed by atoms with E-state index in [-0.39, 0.29) is 41.5 Å². The molecular weight excluding hydrogens is 324 g/mol. The molecule has 3 atom stereocenters. The van der Waals surface area contributed by atoms with Crippen LogP contribution in [0.1, 0.15) is 13.8 Å². The number of nitrogens with one attached hydrogen (secondary N) is 1. The highest BCUT2D eigenvalue weighted by atomic mass is 35.5. The monoisotopic (exact) mass is 342 g/mol. The Morgan fingerprint density at radius 2 is 2.05 bits per heavy atom. The molecule has 0 saturated carbocycles. The molecular formula is C15H19ClN2O3S. The van der Waals surface area contributed by atoms with Crippen molar-refractivity contribution < 1.29 is 13.2 Å². The van der Waals surface area contributed by atoms with Crippen LogP contribution in [-0.2, 0) is 14.6 Å². The van der Waals surface area contributed by atoms with Crippen molar-refractivity contribution in [2.75, 3.05) is 16.4 Å². The van der Waals surface area contributed by atoms with E-state index in [4.69, 9.17) is 11.6 Å². The van der Waals surface area contributed by atoms with Crippen molar-refractivity contribution in [2.24, 2.45) is 5.92 Å². The van der Waals surface area contributed by atoms with Crippen LogP contribution in [0.15, 0.2) is 24.3 Å².